The number of hydrogen-bond donors (Lipinski definition) is 3. The number of rotatable bonds is 6. The zero-order chi connectivity index (χ0) is 17.8. The van der Waals surface area contributed by atoms with Gasteiger partial charge in [-0.2, -0.15) is 0 Å². The first kappa shape index (κ1) is 16.9. The third kappa shape index (κ3) is 3.59. The van der Waals surface area contributed by atoms with Crippen LogP contribution in [0.2, 0.25) is 0 Å². The van der Waals surface area contributed by atoms with Crippen LogP contribution in [0, 0.1) is 0 Å². The van der Waals surface area contributed by atoms with Crippen molar-refractivity contribution in [2.45, 2.75) is 12.5 Å². The Bertz CT molecular complexity index is 889. The number of nitrogens with one attached hydrogen (secondary N) is 2. The van der Waals surface area contributed by atoms with Crippen LogP contribution in [0.15, 0.2) is 48.7 Å². The summed E-state index contributed by atoms with van der Waals surface area (Å²) in [5, 5.41) is 3.89. The van der Waals surface area contributed by atoms with Crippen LogP contribution in [0.4, 0.5) is 5.69 Å². The molecule has 0 saturated heterocycles. The summed E-state index contributed by atoms with van der Waals surface area (Å²) in [7, 11) is 3.11. The van der Waals surface area contributed by atoms with Crippen LogP contribution in [0.1, 0.15) is 5.56 Å². The van der Waals surface area contributed by atoms with Crippen molar-refractivity contribution in [3.8, 4) is 11.5 Å². The molecule has 0 saturated carbocycles. The van der Waals surface area contributed by atoms with Gasteiger partial charge < -0.3 is 25.5 Å². The maximum Gasteiger partial charge on any atom is 0.241 e. The van der Waals surface area contributed by atoms with Crippen LogP contribution in [0.3, 0.4) is 0 Å². The van der Waals surface area contributed by atoms with Crippen LogP contribution >= 0.6 is 0 Å². The predicted octanol–water partition coefficient (Wildman–Crippen LogP) is 2.69. The van der Waals surface area contributed by atoms with Crippen molar-refractivity contribution in [1.82, 2.24) is 4.98 Å². The summed E-state index contributed by atoms with van der Waals surface area (Å²) < 4.78 is 10.5. The SMILES string of the molecule is COc1ccc(OC)c(NC(=O)[C@@H](N)Cc2c[nH]c3ccccc23)c1. The highest BCUT2D eigenvalue weighted by Gasteiger charge is 2.18. The van der Waals surface area contributed by atoms with Crippen LogP contribution < -0.4 is 20.5 Å². The van der Waals surface area contributed by atoms with Gasteiger partial charge in [0.05, 0.1) is 25.9 Å². The van der Waals surface area contributed by atoms with Gasteiger partial charge in [-0.05, 0) is 30.2 Å². The van der Waals surface area contributed by atoms with Gasteiger partial charge in [-0.3, -0.25) is 4.79 Å². The summed E-state index contributed by atoms with van der Waals surface area (Å²) in [4.78, 5) is 15.7. The van der Waals surface area contributed by atoms with Gasteiger partial charge in [-0.15, -0.1) is 0 Å². The smallest absolute Gasteiger partial charge is 0.241 e. The average Bonchev–Trinajstić information content (AvgIpc) is 3.04. The number of amides is 1. The van der Waals surface area contributed by atoms with Crippen molar-refractivity contribution in [3.63, 3.8) is 0 Å². The fraction of sp³-hybridized carbons (Fsp3) is 0.211. The van der Waals surface area contributed by atoms with Gasteiger partial charge in [-0.1, -0.05) is 18.2 Å². The fourth-order valence-electron chi connectivity index (χ4n) is 2.77. The predicted molar refractivity (Wildman–Crippen MR) is 98.2 cm³/mol. The van der Waals surface area contributed by atoms with Gasteiger partial charge in [0.2, 0.25) is 5.91 Å². The third-order valence-electron chi connectivity index (χ3n) is 4.12. The van der Waals surface area contributed by atoms with Crippen molar-refractivity contribution >= 4 is 22.5 Å². The molecule has 3 rings (SSSR count). The Kier molecular flexibility index (Phi) is 4.90. The highest BCUT2D eigenvalue weighted by atomic mass is 16.5. The number of carbonyl (C=O) groups is 1. The largest absolute Gasteiger partial charge is 0.497 e. The molecule has 2 aromatic carbocycles. The number of fused-ring (bicyclic) bond motifs is 1. The van der Waals surface area contributed by atoms with E-state index in [1.54, 1.807) is 32.4 Å². The zero-order valence-corrected chi connectivity index (χ0v) is 14.2. The van der Waals surface area contributed by atoms with E-state index >= 15 is 0 Å². The van der Waals surface area contributed by atoms with E-state index in [1.807, 2.05) is 30.5 Å². The standard InChI is InChI=1S/C19H21N3O3/c1-24-13-7-8-18(25-2)17(10-13)22-19(23)15(20)9-12-11-21-16-6-4-3-5-14(12)16/h3-8,10-11,15,21H,9,20H2,1-2H3,(H,22,23)/t15-/m0/s1. The fourth-order valence-corrected chi connectivity index (χ4v) is 2.77. The molecule has 0 aliphatic heterocycles. The van der Waals surface area contributed by atoms with Crippen molar-refractivity contribution < 1.29 is 14.3 Å². The molecule has 6 heteroatoms. The number of ether oxygens (including phenoxy) is 2. The van der Waals surface area contributed by atoms with E-state index in [2.05, 4.69) is 10.3 Å². The zero-order valence-electron chi connectivity index (χ0n) is 14.2. The van der Waals surface area contributed by atoms with Gasteiger partial charge in [0.25, 0.3) is 0 Å². The number of aromatic nitrogens is 1. The van der Waals surface area contributed by atoms with E-state index in [4.69, 9.17) is 15.2 Å². The van der Waals surface area contributed by atoms with Gasteiger partial charge in [-0.25, -0.2) is 0 Å². The Balaban J connectivity index is 1.75. The van der Waals surface area contributed by atoms with E-state index in [1.165, 1.54) is 0 Å². The third-order valence-corrected chi connectivity index (χ3v) is 4.12. The second kappa shape index (κ2) is 7.27. The van der Waals surface area contributed by atoms with E-state index in [0.717, 1.165) is 16.5 Å². The second-order valence-corrected chi connectivity index (χ2v) is 5.73. The first-order chi connectivity index (χ1) is 12.1. The molecule has 0 unspecified atom stereocenters. The van der Waals surface area contributed by atoms with Crippen LogP contribution in [0.25, 0.3) is 10.9 Å². The molecule has 0 bridgehead atoms. The lowest BCUT2D eigenvalue weighted by Crippen LogP contribution is -2.37. The molecule has 0 spiro atoms. The molecule has 6 nitrogen and oxygen atoms in total. The van der Waals surface area contributed by atoms with Crippen LogP contribution in [-0.4, -0.2) is 31.2 Å². The number of anilines is 1. The topological polar surface area (TPSA) is 89.4 Å². The highest BCUT2D eigenvalue weighted by Crippen LogP contribution is 2.29. The number of H-pyrrole nitrogens is 1. The summed E-state index contributed by atoms with van der Waals surface area (Å²) in [5.41, 5.74) is 8.68. The van der Waals surface area contributed by atoms with Crippen molar-refractivity contribution in [2.24, 2.45) is 5.73 Å². The number of hydrogen-bond acceptors (Lipinski definition) is 4. The van der Waals surface area contributed by atoms with Crippen LogP contribution in [-0.2, 0) is 11.2 Å². The van der Waals surface area contributed by atoms with Gasteiger partial charge >= 0.3 is 0 Å². The Morgan fingerprint density at radius 3 is 2.76 bits per heavy atom. The van der Waals surface area contributed by atoms with Gasteiger partial charge in [0, 0.05) is 23.2 Å². The molecule has 3 aromatic rings. The number of carbonyl (C=O) groups excluding carboxylic acids is 1. The molecule has 0 radical (unpaired) electrons. The monoisotopic (exact) mass is 339 g/mol. The lowest BCUT2D eigenvalue weighted by molar-refractivity contribution is -0.117. The summed E-state index contributed by atoms with van der Waals surface area (Å²) in [6.07, 6.45) is 2.33. The number of para-hydroxylation sites is 1. The first-order valence-corrected chi connectivity index (χ1v) is 7.96. The Hall–Kier alpha value is -2.99. The molecule has 25 heavy (non-hydrogen) atoms. The Morgan fingerprint density at radius 1 is 1.20 bits per heavy atom. The molecule has 1 aromatic heterocycles. The van der Waals surface area contributed by atoms with Crippen LogP contribution in [0.5, 0.6) is 11.5 Å². The summed E-state index contributed by atoms with van der Waals surface area (Å²) in [6, 6.07) is 12.4. The number of nitrogens with two attached hydrogens (primary N) is 1. The molecular formula is C19H21N3O3. The lowest BCUT2D eigenvalue weighted by atomic mass is 10.0. The van der Waals surface area contributed by atoms with E-state index in [0.29, 0.717) is 23.6 Å². The molecular weight excluding hydrogens is 318 g/mol. The number of methoxy groups -OCH3 is 2. The minimum atomic E-state index is -0.685. The second-order valence-electron chi connectivity index (χ2n) is 5.73. The summed E-state index contributed by atoms with van der Waals surface area (Å²) >= 11 is 0. The quantitative estimate of drug-likeness (QED) is 0.644. The Morgan fingerprint density at radius 2 is 2.00 bits per heavy atom. The minimum Gasteiger partial charge on any atom is -0.497 e. The maximum atomic E-state index is 12.5. The van der Waals surface area contributed by atoms with E-state index in [9.17, 15) is 4.79 Å². The minimum absolute atomic E-state index is 0.281. The van der Waals surface area contributed by atoms with E-state index in [-0.39, 0.29) is 5.91 Å². The lowest BCUT2D eigenvalue weighted by Gasteiger charge is -2.15. The molecule has 1 heterocycles. The molecule has 0 aliphatic rings. The van der Waals surface area contributed by atoms with Gasteiger partial charge in [0.1, 0.15) is 11.5 Å². The van der Waals surface area contributed by atoms with Crippen molar-refractivity contribution in [2.75, 3.05) is 19.5 Å². The molecule has 4 N–H and O–H groups in total. The van der Waals surface area contributed by atoms with Crippen molar-refractivity contribution in [3.05, 3.63) is 54.2 Å². The molecule has 0 aliphatic carbocycles. The van der Waals surface area contributed by atoms with Gasteiger partial charge in [0.15, 0.2) is 0 Å². The molecule has 1 atom stereocenters. The maximum absolute atomic E-state index is 12.5. The van der Waals surface area contributed by atoms with Crippen molar-refractivity contribution in [1.29, 1.82) is 0 Å². The first-order valence-electron chi connectivity index (χ1n) is 7.96. The highest BCUT2D eigenvalue weighted by molar-refractivity contribution is 5.96. The average molecular weight is 339 g/mol. The van der Waals surface area contributed by atoms with E-state index < -0.39 is 6.04 Å². The summed E-state index contributed by atoms with van der Waals surface area (Å²) in [6.45, 7) is 0. The molecule has 0 fully saturated rings. The Labute approximate surface area is 145 Å². The number of benzene rings is 2. The number of aromatic amines is 1. The molecule has 130 valence electrons. The molecule has 1 amide bonds. The normalized spacial score (nSPS) is 12.0. The summed E-state index contributed by atoms with van der Waals surface area (Å²) in [5.74, 6) is 0.895.